The highest BCUT2D eigenvalue weighted by Crippen LogP contribution is 2.39. The first kappa shape index (κ1) is 36.4. The molecule has 1 atom stereocenters. The predicted molar refractivity (Wildman–Crippen MR) is 204 cm³/mol. The van der Waals surface area contributed by atoms with E-state index in [0.717, 1.165) is 0 Å². The maximum atomic E-state index is 14.4. The molecule has 4 aromatic carbocycles. The van der Waals surface area contributed by atoms with Crippen molar-refractivity contribution in [3.63, 3.8) is 0 Å². The van der Waals surface area contributed by atoms with Crippen LogP contribution >= 0.6 is 33.9 Å². The van der Waals surface area contributed by atoms with Crippen molar-refractivity contribution < 1.29 is 38.4 Å². The Hall–Kier alpha value is -5.41. The Bertz CT molecular complexity index is 2390. The lowest BCUT2D eigenvalue weighted by Crippen LogP contribution is -2.40. The van der Waals surface area contributed by atoms with E-state index in [9.17, 15) is 19.5 Å². The molecule has 6 rings (SSSR count). The summed E-state index contributed by atoms with van der Waals surface area (Å²) in [6.07, 6.45) is 1.75. The van der Waals surface area contributed by atoms with Crippen molar-refractivity contribution in [2.24, 2.45) is 4.99 Å². The van der Waals surface area contributed by atoms with Crippen molar-refractivity contribution in [1.29, 1.82) is 0 Å². The molecule has 5 aromatic rings. The molecule has 0 fully saturated rings. The van der Waals surface area contributed by atoms with Crippen molar-refractivity contribution in [3.05, 3.63) is 142 Å². The summed E-state index contributed by atoms with van der Waals surface area (Å²) in [6, 6.07) is 23.8. The fourth-order valence-corrected chi connectivity index (χ4v) is 7.62. The topological polar surface area (TPSA) is 135 Å². The molecule has 11 nitrogen and oxygen atoms in total. The second kappa shape index (κ2) is 15.9. The molecule has 52 heavy (non-hydrogen) atoms. The molecule has 1 N–H and O–H groups in total. The number of nitrogens with zero attached hydrogens (tertiary/aromatic N) is 2. The third-order valence-electron chi connectivity index (χ3n) is 8.20. The summed E-state index contributed by atoms with van der Waals surface area (Å²) in [5.41, 5.74) is 3.07. The summed E-state index contributed by atoms with van der Waals surface area (Å²) in [6.45, 7) is 1.97. The minimum Gasteiger partial charge on any atom is -0.493 e. The minimum absolute atomic E-state index is 0.119. The number of ether oxygens (including phenoxy) is 5. The van der Waals surface area contributed by atoms with Gasteiger partial charge in [0.15, 0.2) is 27.8 Å². The number of fused-ring (bicyclic) bond motifs is 1. The van der Waals surface area contributed by atoms with E-state index >= 15 is 0 Å². The summed E-state index contributed by atoms with van der Waals surface area (Å²) < 4.78 is 31.0. The van der Waals surface area contributed by atoms with E-state index in [1.807, 2.05) is 36.4 Å². The van der Waals surface area contributed by atoms with Crippen LogP contribution in [0, 0.1) is 3.57 Å². The highest BCUT2D eigenvalue weighted by atomic mass is 127. The van der Waals surface area contributed by atoms with Crippen molar-refractivity contribution in [2.75, 3.05) is 27.9 Å². The Morgan fingerprint density at radius 1 is 0.923 bits per heavy atom. The molecule has 2 heterocycles. The summed E-state index contributed by atoms with van der Waals surface area (Å²) in [5, 5.41) is 9.36. The normalized spacial score (nSPS) is 13.9. The lowest BCUT2D eigenvalue weighted by molar-refractivity contribution is -0.138. The second-order valence-electron chi connectivity index (χ2n) is 11.4. The summed E-state index contributed by atoms with van der Waals surface area (Å²) in [4.78, 5) is 45.0. The van der Waals surface area contributed by atoms with Gasteiger partial charge in [-0.25, -0.2) is 14.6 Å². The molecule has 0 aliphatic carbocycles. The summed E-state index contributed by atoms with van der Waals surface area (Å²) in [7, 11) is 4.58. The summed E-state index contributed by atoms with van der Waals surface area (Å²) in [5.74, 6) is 0.216. The second-order valence-corrected chi connectivity index (χ2v) is 13.5. The number of thiazole rings is 1. The number of carboxylic acids is 1. The lowest BCUT2D eigenvalue weighted by atomic mass is 9.93. The number of carbonyl (C=O) groups excluding carboxylic acids is 1. The van der Waals surface area contributed by atoms with E-state index in [0.29, 0.717) is 63.9 Å². The molecule has 0 unspecified atom stereocenters. The number of carbonyl (C=O) groups is 2. The highest BCUT2D eigenvalue weighted by molar-refractivity contribution is 14.1. The predicted octanol–water partition coefficient (Wildman–Crippen LogP) is 5.84. The molecule has 266 valence electrons. The van der Waals surface area contributed by atoms with Crippen LogP contribution in [0.15, 0.2) is 100 Å². The smallest absolute Gasteiger partial charge is 0.338 e. The Balaban J connectivity index is 1.49. The lowest BCUT2D eigenvalue weighted by Gasteiger charge is -2.26. The Kier molecular flexibility index (Phi) is 11.1. The zero-order chi connectivity index (χ0) is 36.9. The molecule has 1 aliphatic heterocycles. The van der Waals surface area contributed by atoms with Gasteiger partial charge >= 0.3 is 11.9 Å². The van der Waals surface area contributed by atoms with E-state index in [4.69, 9.17) is 28.7 Å². The summed E-state index contributed by atoms with van der Waals surface area (Å²) >= 11 is 3.33. The largest absolute Gasteiger partial charge is 0.493 e. The van der Waals surface area contributed by atoms with Gasteiger partial charge in [-0.1, -0.05) is 59.9 Å². The number of hydrogen-bond donors (Lipinski definition) is 1. The van der Waals surface area contributed by atoms with Gasteiger partial charge in [0.1, 0.15) is 6.61 Å². The van der Waals surface area contributed by atoms with Crippen molar-refractivity contribution in [2.45, 2.75) is 19.6 Å². The molecule has 0 saturated carbocycles. The van der Waals surface area contributed by atoms with Crippen LogP contribution in [0.1, 0.15) is 45.6 Å². The molecule has 0 amide bonds. The first-order chi connectivity index (χ1) is 25.2. The SMILES string of the molecule is CCOC(=O)C1=C(c2ccccc2)N=c2s/c(=C\c3cc(I)c(OCc4cccc(C(=O)O)c4)c(OC)c3)c(=O)n2[C@H]1c1ccc(OC)c(OC)c1. The monoisotopic (exact) mass is 832 g/mol. The van der Waals surface area contributed by atoms with E-state index in [2.05, 4.69) is 22.6 Å². The number of methoxy groups -OCH3 is 3. The van der Waals surface area contributed by atoms with Gasteiger partial charge in [0.2, 0.25) is 0 Å². The molecule has 0 bridgehead atoms. The fraction of sp³-hybridized carbons (Fsp3) is 0.179. The van der Waals surface area contributed by atoms with Crippen LogP contribution in [0.2, 0.25) is 0 Å². The van der Waals surface area contributed by atoms with Crippen LogP contribution in [-0.2, 0) is 16.1 Å². The maximum Gasteiger partial charge on any atom is 0.338 e. The van der Waals surface area contributed by atoms with Gasteiger partial charge in [-0.3, -0.25) is 9.36 Å². The van der Waals surface area contributed by atoms with E-state index < -0.39 is 18.0 Å². The Morgan fingerprint density at radius 3 is 2.37 bits per heavy atom. The standard InChI is InChI=1S/C39H33IN2O9S/c1-5-50-38(46)32-33(24-11-7-6-8-12-24)41-39-42(34(32)25-14-15-28(47-2)29(20-25)48-3)36(43)31(52-39)19-23-17-27(40)35(30(18-23)49-4)51-21-22-10-9-13-26(16-22)37(44)45/h6-20,34H,5,21H2,1-4H3,(H,44,45)/b31-19-/t34-/m0/s1. The molecule has 1 aliphatic rings. The van der Waals surface area contributed by atoms with Gasteiger partial charge in [0.05, 0.1) is 58.9 Å². The number of esters is 1. The van der Waals surface area contributed by atoms with Crippen LogP contribution in [0.3, 0.4) is 0 Å². The van der Waals surface area contributed by atoms with E-state index in [1.165, 1.54) is 43.3 Å². The van der Waals surface area contributed by atoms with E-state index in [1.54, 1.807) is 55.5 Å². The fourth-order valence-electron chi connectivity index (χ4n) is 5.84. The average Bonchev–Trinajstić information content (AvgIpc) is 3.47. The first-order valence-corrected chi connectivity index (χ1v) is 17.9. The number of carboxylic acid groups (broad SMARTS) is 1. The van der Waals surface area contributed by atoms with Crippen LogP contribution in [-0.4, -0.2) is 49.5 Å². The van der Waals surface area contributed by atoms with Gasteiger partial charge in [0.25, 0.3) is 5.56 Å². The molecule has 1 aromatic heterocycles. The zero-order valence-corrected chi connectivity index (χ0v) is 31.5. The number of hydrogen-bond acceptors (Lipinski definition) is 10. The van der Waals surface area contributed by atoms with Crippen LogP contribution < -0.4 is 33.8 Å². The van der Waals surface area contributed by atoms with Crippen molar-refractivity contribution >= 4 is 57.6 Å². The molecule has 13 heteroatoms. The number of aromatic carboxylic acids is 1. The van der Waals surface area contributed by atoms with Gasteiger partial charge in [-0.2, -0.15) is 0 Å². The molecule has 0 radical (unpaired) electrons. The van der Waals surface area contributed by atoms with Gasteiger partial charge in [-0.15, -0.1) is 0 Å². The number of aromatic nitrogens is 1. The third kappa shape index (κ3) is 7.32. The zero-order valence-electron chi connectivity index (χ0n) is 28.5. The number of halogens is 1. The van der Waals surface area contributed by atoms with Crippen molar-refractivity contribution in [1.82, 2.24) is 4.57 Å². The minimum atomic E-state index is -1.02. The van der Waals surface area contributed by atoms with Crippen molar-refractivity contribution in [3.8, 4) is 23.0 Å². The number of benzene rings is 4. The molecule has 0 spiro atoms. The van der Waals surface area contributed by atoms with Gasteiger partial charge < -0.3 is 28.8 Å². The molecule has 0 saturated heterocycles. The van der Waals surface area contributed by atoms with Crippen LogP contribution in [0.4, 0.5) is 0 Å². The van der Waals surface area contributed by atoms with Crippen LogP contribution in [0.5, 0.6) is 23.0 Å². The van der Waals surface area contributed by atoms with E-state index in [-0.39, 0.29) is 29.9 Å². The van der Waals surface area contributed by atoms with Crippen LogP contribution in [0.25, 0.3) is 11.8 Å². The number of rotatable bonds is 12. The maximum absolute atomic E-state index is 14.4. The highest BCUT2D eigenvalue weighted by Gasteiger charge is 2.35. The third-order valence-corrected chi connectivity index (χ3v) is 9.99. The van der Waals surface area contributed by atoms with Gasteiger partial charge in [0, 0.05) is 5.56 Å². The first-order valence-electron chi connectivity index (χ1n) is 16.0. The Morgan fingerprint density at radius 2 is 1.67 bits per heavy atom. The molecular formula is C39H33IN2O9S. The van der Waals surface area contributed by atoms with Gasteiger partial charge in [-0.05, 0) is 88.7 Å². The average molecular weight is 833 g/mol. The molecular weight excluding hydrogens is 799 g/mol. The quantitative estimate of drug-likeness (QED) is 0.122. The Labute approximate surface area is 316 Å².